The van der Waals surface area contributed by atoms with Crippen molar-refractivity contribution in [3.63, 3.8) is 0 Å². The first-order valence-corrected chi connectivity index (χ1v) is 8.45. The minimum Gasteiger partial charge on any atom is -0.351 e. The van der Waals surface area contributed by atoms with Crippen molar-refractivity contribution in [1.29, 1.82) is 0 Å². The molecular weight excluding hydrogens is 378 g/mol. The van der Waals surface area contributed by atoms with E-state index >= 15 is 0 Å². The molecule has 1 fully saturated rings. The fraction of sp³-hybridized carbons (Fsp3) is 0.462. The molecule has 2 rings (SSSR count). The maximum atomic E-state index is 12.1. The average Bonchev–Trinajstić information content (AvgIpc) is 2.77. The molecule has 0 bridgehead atoms. The SMILES string of the molecule is CC1(CNC(=O)c2cc(Br)ccc2Br)CCCS1. The van der Waals surface area contributed by atoms with Crippen molar-refractivity contribution >= 4 is 49.5 Å². The quantitative estimate of drug-likeness (QED) is 0.833. The molecule has 1 saturated heterocycles. The average molecular weight is 393 g/mol. The first kappa shape index (κ1) is 14.4. The van der Waals surface area contributed by atoms with Crippen molar-refractivity contribution in [2.45, 2.75) is 24.5 Å². The summed E-state index contributed by atoms with van der Waals surface area (Å²) in [6, 6.07) is 5.63. The van der Waals surface area contributed by atoms with Crippen LogP contribution in [0.15, 0.2) is 27.1 Å². The minimum atomic E-state index is -0.0168. The van der Waals surface area contributed by atoms with Crippen LogP contribution in [-0.4, -0.2) is 23.0 Å². The zero-order chi connectivity index (χ0) is 13.2. The van der Waals surface area contributed by atoms with Crippen LogP contribution in [0.1, 0.15) is 30.1 Å². The predicted octanol–water partition coefficient (Wildman–Crippen LogP) is 4.23. The molecule has 1 heterocycles. The molecule has 1 aliphatic rings. The topological polar surface area (TPSA) is 29.1 Å². The molecule has 0 aromatic heterocycles. The molecule has 1 amide bonds. The van der Waals surface area contributed by atoms with E-state index in [9.17, 15) is 4.79 Å². The molecule has 1 atom stereocenters. The third kappa shape index (κ3) is 3.52. The Labute approximate surface area is 129 Å². The van der Waals surface area contributed by atoms with Crippen molar-refractivity contribution in [3.8, 4) is 0 Å². The molecule has 0 radical (unpaired) electrons. The van der Waals surface area contributed by atoms with Crippen LogP contribution in [0, 0.1) is 0 Å². The summed E-state index contributed by atoms with van der Waals surface area (Å²) in [4.78, 5) is 12.1. The Kier molecular flexibility index (Phi) is 4.78. The molecule has 1 aromatic rings. The van der Waals surface area contributed by atoms with Crippen LogP contribution in [0.4, 0.5) is 0 Å². The predicted molar refractivity (Wildman–Crippen MR) is 84.3 cm³/mol. The maximum absolute atomic E-state index is 12.1. The lowest BCUT2D eigenvalue weighted by molar-refractivity contribution is 0.0949. The van der Waals surface area contributed by atoms with Gasteiger partial charge in [-0.1, -0.05) is 15.9 Å². The van der Waals surface area contributed by atoms with Gasteiger partial charge in [-0.15, -0.1) is 0 Å². The number of halogens is 2. The van der Waals surface area contributed by atoms with E-state index in [1.165, 1.54) is 18.6 Å². The van der Waals surface area contributed by atoms with Gasteiger partial charge in [0.1, 0.15) is 0 Å². The molecule has 0 saturated carbocycles. The number of thioether (sulfide) groups is 1. The van der Waals surface area contributed by atoms with Gasteiger partial charge in [0.15, 0.2) is 0 Å². The number of amides is 1. The van der Waals surface area contributed by atoms with Crippen LogP contribution >= 0.6 is 43.6 Å². The lowest BCUT2D eigenvalue weighted by Gasteiger charge is -2.23. The van der Waals surface area contributed by atoms with Crippen LogP contribution in [0.5, 0.6) is 0 Å². The van der Waals surface area contributed by atoms with Gasteiger partial charge in [-0.25, -0.2) is 0 Å². The molecule has 0 aliphatic carbocycles. The zero-order valence-electron chi connectivity index (χ0n) is 10.1. The number of nitrogens with one attached hydrogen (secondary N) is 1. The van der Waals surface area contributed by atoms with E-state index in [1.54, 1.807) is 0 Å². The summed E-state index contributed by atoms with van der Waals surface area (Å²) >= 11 is 8.75. The van der Waals surface area contributed by atoms with Gasteiger partial charge in [-0.3, -0.25) is 4.79 Å². The molecule has 1 unspecified atom stereocenters. The van der Waals surface area contributed by atoms with E-state index in [4.69, 9.17) is 0 Å². The Morgan fingerprint density at radius 1 is 1.50 bits per heavy atom. The standard InChI is InChI=1S/C13H15Br2NOS/c1-13(5-2-6-18-13)8-16-12(17)10-7-9(14)3-4-11(10)15/h3-4,7H,2,5-6,8H2,1H3,(H,16,17). The summed E-state index contributed by atoms with van der Waals surface area (Å²) in [7, 11) is 0. The van der Waals surface area contributed by atoms with E-state index in [2.05, 4.69) is 44.1 Å². The zero-order valence-corrected chi connectivity index (χ0v) is 14.1. The van der Waals surface area contributed by atoms with Gasteiger partial charge >= 0.3 is 0 Å². The number of carbonyl (C=O) groups is 1. The lowest BCUT2D eigenvalue weighted by Crippen LogP contribution is -2.36. The molecule has 2 nitrogen and oxygen atoms in total. The van der Waals surface area contributed by atoms with E-state index < -0.39 is 0 Å². The second kappa shape index (κ2) is 5.97. The Morgan fingerprint density at radius 3 is 2.94 bits per heavy atom. The van der Waals surface area contributed by atoms with Crippen LogP contribution in [-0.2, 0) is 0 Å². The van der Waals surface area contributed by atoms with Crippen molar-refractivity contribution in [2.24, 2.45) is 0 Å². The number of hydrogen-bond donors (Lipinski definition) is 1. The van der Waals surface area contributed by atoms with Gasteiger partial charge in [0.05, 0.1) is 5.56 Å². The summed E-state index contributed by atoms with van der Waals surface area (Å²) in [6.45, 7) is 2.95. The maximum Gasteiger partial charge on any atom is 0.252 e. The molecule has 1 N–H and O–H groups in total. The Balaban J connectivity index is 2.01. The fourth-order valence-corrected chi connectivity index (χ4v) is 4.04. The van der Waals surface area contributed by atoms with E-state index in [0.717, 1.165) is 15.5 Å². The minimum absolute atomic E-state index is 0.0168. The van der Waals surface area contributed by atoms with Gasteiger partial charge in [0.2, 0.25) is 0 Å². The third-order valence-electron chi connectivity index (χ3n) is 3.10. The summed E-state index contributed by atoms with van der Waals surface area (Å²) in [5.74, 6) is 1.18. The number of rotatable bonds is 3. The Morgan fingerprint density at radius 2 is 2.28 bits per heavy atom. The first-order chi connectivity index (χ1) is 8.50. The third-order valence-corrected chi connectivity index (χ3v) is 5.82. The molecule has 18 heavy (non-hydrogen) atoms. The van der Waals surface area contributed by atoms with Crippen LogP contribution in [0.2, 0.25) is 0 Å². The van der Waals surface area contributed by atoms with Crippen LogP contribution < -0.4 is 5.32 Å². The van der Waals surface area contributed by atoms with Crippen molar-refractivity contribution in [1.82, 2.24) is 5.32 Å². The van der Waals surface area contributed by atoms with Crippen LogP contribution in [0.3, 0.4) is 0 Å². The molecule has 98 valence electrons. The number of carbonyl (C=O) groups excluding carboxylic acids is 1. The largest absolute Gasteiger partial charge is 0.351 e. The summed E-state index contributed by atoms with van der Waals surface area (Å²) < 4.78 is 1.94. The molecular formula is C13H15Br2NOS. The van der Waals surface area contributed by atoms with E-state index in [1.807, 2.05) is 30.0 Å². The number of hydrogen-bond acceptors (Lipinski definition) is 2. The molecule has 0 spiro atoms. The Hall–Kier alpha value is -0.000000000000000111. The monoisotopic (exact) mass is 391 g/mol. The lowest BCUT2D eigenvalue weighted by atomic mass is 10.1. The molecule has 1 aliphatic heterocycles. The molecule has 1 aromatic carbocycles. The van der Waals surface area contributed by atoms with Gasteiger partial charge in [0.25, 0.3) is 5.91 Å². The smallest absolute Gasteiger partial charge is 0.252 e. The van der Waals surface area contributed by atoms with Gasteiger partial charge in [0, 0.05) is 20.2 Å². The van der Waals surface area contributed by atoms with Crippen molar-refractivity contribution in [3.05, 3.63) is 32.7 Å². The van der Waals surface area contributed by atoms with Crippen molar-refractivity contribution in [2.75, 3.05) is 12.3 Å². The Bertz CT molecular complexity index is 458. The summed E-state index contributed by atoms with van der Waals surface area (Å²) in [5, 5.41) is 3.04. The van der Waals surface area contributed by atoms with E-state index in [0.29, 0.717) is 5.56 Å². The number of benzene rings is 1. The van der Waals surface area contributed by atoms with Crippen LogP contribution in [0.25, 0.3) is 0 Å². The second-order valence-corrected chi connectivity index (χ2v) is 8.16. The summed E-state index contributed by atoms with van der Waals surface area (Å²) in [5.41, 5.74) is 0.677. The normalized spacial score (nSPS) is 23.1. The fourth-order valence-electron chi connectivity index (χ4n) is 2.01. The highest BCUT2D eigenvalue weighted by Gasteiger charge is 2.29. The highest BCUT2D eigenvalue weighted by molar-refractivity contribution is 9.11. The first-order valence-electron chi connectivity index (χ1n) is 5.87. The van der Waals surface area contributed by atoms with Gasteiger partial charge in [-0.05, 0) is 59.6 Å². The van der Waals surface area contributed by atoms with Gasteiger partial charge < -0.3 is 5.32 Å². The highest BCUT2D eigenvalue weighted by atomic mass is 79.9. The molecule has 5 heteroatoms. The summed E-state index contributed by atoms with van der Waals surface area (Å²) in [6.07, 6.45) is 2.43. The van der Waals surface area contributed by atoms with Crippen molar-refractivity contribution < 1.29 is 4.79 Å². The second-order valence-electron chi connectivity index (χ2n) is 4.71. The highest BCUT2D eigenvalue weighted by Crippen LogP contribution is 2.37. The van der Waals surface area contributed by atoms with E-state index in [-0.39, 0.29) is 10.7 Å². The van der Waals surface area contributed by atoms with Gasteiger partial charge in [-0.2, -0.15) is 11.8 Å².